The molecular weight excluding hydrogens is 610 g/mol. The van der Waals surface area contributed by atoms with Gasteiger partial charge in [-0.1, -0.05) is 72.8 Å². The maximum absolute atomic E-state index is 13.2. The van der Waals surface area contributed by atoms with Crippen LogP contribution in [-0.4, -0.2) is 53.6 Å². The zero-order valence-electron chi connectivity index (χ0n) is 26.9. The maximum Gasteiger partial charge on any atom is 0.351 e. The first-order valence-corrected chi connectivity index (χ1v) is 15.6. The fourth-order valence-electron chi connectivity index (χ4n) is 5.99. The molecule has 0 bridgehead atoms. The summed E-state index contributed by atoms with van der Waals surface area (Å²) in [7, 11) is 3.23. The number of ether oxygens (including phenoxy) is 4. The van der Waals surface area contributed by atoms with Crippen LogP contribution in [-0.2, 0) is 15.1 Å². The highest BCUT2D eigenvalue weighted by Gasteiger charge is 2.42. The summed E-state index contributed by atoms with van der Waals surface area (Å²) < 4.78 is 25.4. The molecule has 246 valence electrons. The van der Waals surface area contributed by atoms with E-state index < -0.39 is 29.7 Å². The van der Waals surface area contributed by atoms with Gasteiger partial charge in [0, 0.05) is 23.7 Å². The molecule has 1 aliphatic heterocycles. The third-order valence-corrected chi connectivity index (χ3v) is 8.55. The van der Waals surface area contributed by atoms with Crippen LogP contribution in [0.15, 0.2) is 120 Å². The second kappa shape index (κ2) is 14.2. The Kier molecular flexibility index (Phi) is 9.67. The van der Waals surface area contributed by atoms with Gasteiger partial charge in [-0.3, -0.25) is 9.36 Å². The lowest BCUT2D eigenvalue weighted by atomic mass is 9.80. The highest BCUT2D eigenvalue weighted by atomic mass is 16.6. The van der Waals surface area contributed by atoms with E-state index in [1.54, 1.807) is 51.6 Å². The molecule has 10 heteroatoms. The molecule has 1 amide bonds. The number of hydrogen-bond acceptors (Lipinski definition) is 8. The van der Waals surface area contributed by atoms with E-state index in [-0.39, 0.29) is 24.8 Å². The lowest BCUT2D eigenvalue weighted by molar-refractivity contribution is -0.0944. The van der Waals surface area contributed by atoms with Crippen LogP contribution >= 0.6 is 0 Å². The number of methoxy groups -OCH3 is 2. The molecule has 5 aromatic rings. The molecule has 0 saturated carbocycles. The molecule has 1 saturated heterocycles. The quantitative estimate of drug-likeness (QED) is 0.181. The second-order valence-corrected chi connectivity index (χ2v) is 11.5. The van der Waals surface area contributed by atoms with Gasteiger partial charge in [-0.15, -0.1) is 0 Å². The molecule has 0 spiro atoms. The highest BCUT2D eigenvalue weighted by Crippen LogP contribution is 2.42. The van der Waals surface area contributed by atoms with Crippen LogP contribution in [0.1, 0.15) is 45.3 Å². The molecule has 6 rings (SSSR count). The van der Waals surface area contributed by atoms with Crippen molar-refractivity contribution in [3.63, 3.8) is 0 Å². The molecule has 10 nitrogen and oxygen atoms in total. The zero-order chi connectivity index (χ0) is 33.7. The van der Waals surface area contributed by atoms with E-state index in [0.29, 0.717) is 22.6 Å². The molecule has 1 fully saturated rings. The Bertz CT molecular complexity index is 1850. The first-order chi connectivity index (χ1) is 23.3. The fourth-order valence-corrected chi connectivity index (χ4v) is 5.99. The molecular formula is C38H37N3O7. The molecule has 0 radical (unpaired) electrons. The molecule has 48 heavy (non-hydrogen) atoms. The number of aromatic nitrogens is 2. The van der Waals surface area contributed by atoms with E-state index in [9.17, 15) is 14.7 Å². The van der Waals surface area contributed by atoms with Crippen molar-refractivity contribution in [1.82, 2.24) is 9.55 Å². The molecule has 2 heterocycles. The maximum atomic E-state index is 13.2. The van der Waals surface area contributed by atoms with Crippen molar-refractivity contribution in [2.24, 2.45) is 0 Å². The number of anilines is 1. The number of carbonyl (C=O) groups excluding carboxylic acids is 1. The minimum Gasteiger partial charge on any atom is -0.497 e. The van der Waals surface area contributed by atoms with E-state index in [4.69, 9.17) is 18.9 Å². The lowest BCUT2D eigenvalue weighted by Crippen LogP contribution is -2.38. The number of nitrogens with one attached hydrogen (secondary N) is 1. The van der Waals surface area contributed by atoms with Gasteiger partial charge in [0.25, 0.3) is 5.91 Å². The van der Waals surface area contributed by atoms with Gasteiger partial charge in [0.05, 0.1) is 26.9 Å². The van der Waals surface area contributed by atoms with E-state index in [2.05, 4.69) is 10.3 Å². The standard InChI is InChI=1S/C38H37N3O7/c1-25-23-41(37(44)40-35(25)39-36(43)26-10-6-4-7-11-26)34-22-32(42)33(48-34)24-47-38(27-12-8-5-9-13-27,28-14-18-30(45-2)19-15-28)29-16-20-31(46-3)21-17-29/h4-21,23,32-34,42H,22,24H2,1-3H3,(H,39,40,43,44)/t32-,33+,34-/m1/s1. The Hall–Kier alpha value is -5.29. The summed E-state index contributed by atoms with van der Waals surface area (Å²) in [5, 5.41) is 13.9. The number of amides is 1. The first-order valence-electron chi connectivity index (χ1n) is 15.6. The summed E-state index contributed by atoms with van der Waals surface area (Å²) in [6.07, 6.45) is -0.758. The number of nitrogens with zero attached hydrogens (tertiary/aromatic N) is 2. The Morgan fingerprint density at radius 2 is 1.42 bits per heavy atom. The van der Waals surface area contributed by atoms with Gasteiger partial charge >= 0.3 is 5.69 Å². The number of rotatable bonds is 11. The van der Waals surface area contributed by atoms with Gasteiger partial charge < -0.3 is 29.4 Å². The zero-order valence-corrected chi connectivity index (χ0v) is 26.9. The van der Waals surface area contributed by atoms with Gasteiger partial charge in [-0.05, 0) is 60.0 Å². The smallest absolute Gasteiger partial charge is 0.351 e. The van der Waals surface area contributed by atoms with Crippen LogP contribution in [0.5, 0.6) is 11.5 Å². The van der Waals surface area contributed by atoms with Gasteiger partial charge in [0.2, 0.25) is 0 Å². The van der Waals surface area contributed by atoms with Gasteiger partial charge in [0.15, 0.2) is 0 Å². The average molecular weight is 648 g/mol. The first kappa shape index (κ1) is 32.6. The highest BCUT2D eigenvalue weighted by molar-refractivity contribution is 6.04. The number of carbonyl (C=O) groups is 1. The Morgan fingerprint density at radius 3 is 1.98 bits per heavy atom. The Labute approximate surface area is 278 Å². The van der Waals surface area contributed by atoms with E-state index in [0.717, 1.165) is 16.7 Å². The third-order valence-electron chi connectivity index (χ3n) is 8.55. The predicted molar refractivity (Wildman–Crippen MR) is 180 cm³/mol. The molecule has 2 N–H and O–H groups in total. The largest absolute Gasteiger partial charge is 0.497 e. The molecule has 3 atom stereocenters. The molecule has 0 aliphatic carbocycles. The van der Waals surface area contributed by atoms with Gasteiger partial charge in [-0.2, -0.15) is 4.98 Å². The van der Waals surface area contributed by atoms with E-state index in [1.165, 1.54) is 4.57 Å². The normalized spacial score (nSPS) is 17.5. The van der Waals surface area contributed by atoms with Crippen molar-refractivity contribution >= 4 is 11.7 Å². The summed E-state index contributed by atoms with van der Waals surface area (Å²) in [5.74, 6) is 1.19. The molecule has 0 unspecified atom stereocenters. The average Bonchev–Trinajstić information content (AvgIpc) is 3.50. The van der Waals surface area contributed by atoms with Crippen molar-refractivity contribution in [3.05, 3.63) is 154 Å². The topological polar surface area (TPSA) is 121 Å². The van der Waals surface area contributed by atoms with Gasteiger partial charge in [0.1, 0.15) is 35.2 Å². The predicted octanol–water partition coefficient (Wildman–Crippen LogP) is 5.48. The fraction of sp³-hybridized carbons (Fsp3) is 0.237. The molecule has 4 aromatic carbocycles. The van der Waals surface area contributed by atoms with Crippen molar-refractivity contribution in [3.8, 4) is 11.5 Å². The Balaban J connectivity index is 1.28. The van der Waals surface area contributed by atoms with Gasteiger partial charge in [-0.25, -0.2) is 4.79 Å². The van der Waals surface area contributed by atoms with Crippen LogP contribution in [0.4, 0.5) is 5.82 Å². The van der Waals surface area contributed by atoms with E-state index in [1.807, 2.05) is 84.9 Å². The van der Waals surface area contributed by atoms with Crippen molar-refractivity contribution < 1.29 is 28.8 Å². The monoisotopic (exact) mass is 647 g/mol. The summed E-state index contributed by atoms with van der Waals surface area (Å²) in [5.41, 5.74) is 1.85. The lowest BCUT2D eigenvalue weighted by Gasteiger charge is -2.37. The van der Waals surface area contributed by atoms with Crippen LogP contribution in [0, 0.1) is 6.92 Å². The van der Waals surface area contributed by atoms with Crippen molar-refractivity contribution in [2.75, 3.05) is 26.1 Å². The van der Waals surface area contributed by atoms with Crippen LogP contribution in [0.2, 0.25) is 0 Å². The number of hydrogen-bond donors (Lipinski definition) is 2. The summed E-state index contributed by atoms with van der Waals surface area (Å²) in [6.45, 7) is 1.74. The SMILES string of the molecule is COc1ccc(C(OC[C@@H]2O[C@@H](n3cc(C)c(NC(=O)c4ccccc4)nc3=O)C[C@H]2O)(c2ccccc2)c2ccc(OC)cc2)cc1. The molecule has 1 aliphatic rings. The second-order valence-electron chi connectivity index (χ2n) is 11.5. The minimum atomic E-state index is -1.10. The molecule has 1 aromatic heterocycles. The van der Waals surface area contributed by atoms with Crippen LogP contribution in [0.25, 0.3) is 0 Å². The van der Waals surface area contributed by atoms with Crippen molar-refractivity contribution in [2.45, 2.75) is 37.4 Å². The van der Waals surface area contributed by atoms with Crippen LogP contribution < -0.4 is 20.5 Å². The number of aliphatic hydroxyl groups is 1. The summed E-state index contributed by atoms with van der Waals surface area (Å²) in [6, 6.07) is 33.9. The van der Waals surface area contributed by atoms with Crippen molar-refractivity contribution in [1.29, 1.82) is 0 Å². The number of aryl methyl sites for hydroxylation is 1. The van der Waals surface area contributed by atoms with E-state index >= 15 is 0 Å². The number of aliphatic hydroxyl groups excluding tert-OH is 1. The van der Waals surface area contributed by atoms with Crippen LogP contribution in [0.3, 0.4) is 0 Å². The minimum absolute atomic E-state index is 0.00298. The summed E-state index contributed by atoms with van der Waals surface area (Å²) >= 11 is 0. The Morgan fingerprint density at radius 1 is 0.875 bits per heavy atom. The summed E-state index contributed by atoms with van der Waals surface area (Å²) in [4.78, 5) is 30.0. The third kappa shape index (κ3) is 6.59. The number of benzene rings is 4.